The molecular weight excluding hydrogens is 356 g/mol. The van der Waals surface area contributed by atoms with Crippen molar-refractivity contribution in [3.63, 3.8) is 0 Å². The normalized spacial score (nSPS) is 19.9. The van der Waals surface area contributed by atoms with Crippen LogP contribution in [-0.4, -0.2) is 39.1 Å². The minimum absolute atomic E-state index is 0.00466. The topological polar surface area (TPSA) is 24.8 Å². The van der Waals surface area contributed by atoms with E-state index in [1.807, 2.05) is 6.21 Å². The van der Waals surface area contributed by atoms with Crippen molar-refractivity contribution in [3.8, 4) is 0 Å². The molecule has 1 aliphatic rings. The molecule has 3 heteroatoms. The Morgan fingerprint density at radius 2 is 1.83 bits per heavy atom. The van der Waals surface area contributed by atoms with E-state index in [1.165, 1.54) is 16.8 Å². The lowest BCUT2D eigenvalue weighted by Gasteiger charge is -2.39. The predicted octanol–water partition coefficient (Wildman–Crippen LogP) is 5.63. The molecule has 1 saturated heterocycles. The van der Waals surface area contributed by atoms with E-state index < -0.39 is 0 Å². The standard InChI is InChI=1S/C26H36N2O/c1-26(2)19-24(15-17-29-26)23(18-21-8-6-5-7-9-21)14-16-27-20-22-10-12-25(13-11-22)28(3)4/h5-13,20,23-24H,14-19H2,1-4H3. The quantitative estimate of drug-likeness (QED) is 0.544. The highest BCUT2D eigenvalue weighted by Crippen LogP contribution is 2.36. The molecule has 0 aromatic heterocycles. The van der Waals surface area contributed by atoms with E-state index in [-0.39, 0.29) is 5.60 Å². The Labute approximate surface area is 176 Å². The summed E-state index contributed by atoms with van der Waals surface area (Å²) in [5, 5.41) is 0. The van der Waals surface area contributed by atoms with Crippen molar-refractivity contribution in [1.82, 2.24) is 0 Å². The predicted molar refractivity (Wildman–Crippen MR) is 124 cm³/mol. The van der Waals surface area contributed by atoms with Gasteiger partial charge in [-0.3, -0.25) is 4.99 Å². The van der Waals surface area contributed by atoms with Gasteiger partial charge in [-0.1, -0.05) is 42.5 Å². The molecule has 3 nitrogen and oxygen atoms in total. The van der Waals surface area contributed by atoms with Crippen LogP contribution in [0.15, 0.2) is 59.6 Å². The van der Waals surface area contributed by atoms with Crippen LogP contribution in [0.5, 0.6) is 0 Å². The molecule has 0 aliphatic carbocycles. The molecule has 0 saturated carbocycles. The van der Waals surface area contributed by atoms with Crippen LogP contribution in [0.1, 0.15) is 44.2 Å². The zero-order chi connectivity index (χ0) is 20.7. The monoisotopic (exact) mass is 392 g/mol. The summed E-state index contributed by atoms with van der Waals surface area (Å²) in [6.45, 7) is 6.22. The van der Waals surface area contributed by atoms with Gasteiger partial charge < -0.3 is 9.64 Å². The van der Waals surface area contributed by atoms with Crippen molar-refractivity contribution in [2.75, 3.05) is 32.1 Å². The van der Waals surface area contributed by atoms with E-state index in [0.717, 1.165) is 38.8 Å². The lowest BCUT2D eigenvalue weighted by molar-refractivity contribution is -0.0829. The van der Waals surface area contributed by atoms with Crippen molar-refractivity contribution in [3.05, 3.63) is 65.7 Å². The Morgan fingerprint density at radius 3 is 2.48 bits per heavy atom. The second kappa shape index (κ2) is 10.1. The van der Waals surface area contributed by atoms with E-state index >= 15 is 0 Å². The first-order valence-corrected chi connectivity index (χ1v) is 10.9. The maximum atomic E-state index is 5.97. The third-order valence-corrected chi connectivity index (χ3v) is 6.02. The highest BCUT2D eigenvalue weighted by Gasteiger charge is 2.33. The fourth-order valence-corrected chi connectivity index (χ4v) is 4.37. The van der Waals surface area contributed by atoms with Gasteiger partial charge in [-0.05, 0) is 74.6 Å². The average Bonchev–Trinajstić information content (AvgIpc) is 2.70. The highest BCUT2D eigenvalue weighted by molar-refractivity contribution is 5.80. The Hall–Kier alpha value is -2.13. The van der Waals surface area contributed by atoms with Gasteiger partial charge in [0.1, 0.15) is 0 Å². The minimum atomic E-state index is -0.00466. The number of hydrogen-bond donors (Lipinski definition) is 0. The first kappa shape index (κ1) is 21.6. The van der Waals surface area contributed by atoms with Crippen LogP contribution in [0, 0.1) is 11.8 Å². The van der Waals surface area contributed by atoms with Gasteiger partial charge in [0.05, 0.1) is 5.60 Å². The molecule has 0 radical (unpaired) electrons. The van der Waals surface area contributed by atoms with Crippen molar-refractivity contribution in [2.24, 2.45) is 16.8 Å². The van der Waals surface area contributed by atoms with Gasteiger partial charge in [0.25, 0.3) is 0 Å². The number of rotatable bonds is 8. The van der Waals surface area contributed by atoms with Crippen LogP contribution in [0.2, 0.25) is 0 Å². The van der Waals surface area contributed by atoms with Gasteiger partial charge in [0, 0.05) is 39.1 Å². The first-order chi connectivity index (χ1) is 13.9. The van der Waals surface area contributed by atoms with E-state index in [9.17, 15) is 0 Å². The third-order valence-electron chi connectivity index (χ3n) is 6.02. The number of benzene rings is 2. The van der Waals surface area contributed by atoms with Gasteiger partial charge in [-0.25, -0.2) is 0 Å². The van der Waals surface area contributed by atoms with Crippen molar-refractivity contribution in [1.29, 1.82) is 0 Å². The maximum absolute atomic E-state index is 5.97. The average molecular weight is 393 g/mol. The summed E-state index contributed by atoms with van der Waals surface area (Å²) in [6, 6.07) is 19.5. The van der Waals surface area contributed by atoms with E-state index in [1.54, 1.807) is 0 Å². The maximum Gasteiger partial charge on any atom is 0.0629 e. The lowest BCUT2D eigenvalue weighted by atomic mass is 9.76. The number of aliphatic imine (C=N–C) groups is 1. The zero-order valence-electron chi connectivity index (χ0n) is 18.5. The summed E-state index contributed by atoms with van der Waals surface area (Å²) in [4.78, 5) is 6.87. The molecule has 3 rings (SSSR count). The van der Waals surface area contributed by atoms with Crippen molar-refractivity contribution < 1.29 is 4.74 Å². The van der Waals surface area contributed by atoms with Crippen LogP contribution < -0.4 is 4.90 Å². The molecule has 2 aromatic carbocycles. The molecule has 2 aromatic rings. The summed E-state index contributed by atoms with van der Waals surface area (Å²) in [7, 11) is 4.13. The van der Waals surface area contributed by atoms with Crippen molar-refractivity contribution in [2.45, 2.75) is 45.1 Å². The molecular formula is C26H36N2O. The number of nitrogens with zero attached hydrogens (tertiary/aromatic N) is 2. The Kier molecular flexibility index (Phi) is 7.49. The zero-order valence-corrected chi connectivity index (χ0v) is 18.5. The SMILES string of the molecule is CN(C)c1ccc(C=NCCC(Cc2ccccc2)C2CCOC(C)(C)C2)cc1. The molecule has 0 bridgehead atoms. The highest BCUT2D eigenvalue weighted by atomic mass is 16.5. The van der Waals surface area contributed by atoms with Gasteiger partial charge in [0.15, 0.2) is 0 Å². The third kappa shape index (κ3) is 6.71. The second-order valence-electron chi connectivity index (χ2n) is 9.12. The molecule has 0 N–H and O–H groups in total. The fraction of sp³-hybridized carbons (Fsp3) is 0.500. The summed E-state index contributed by atoms with van der Waals surface area (Å²) < 4.78 is 5.97. The largest absolute Gasteiger partial charge is 0.378 e. The van der Waals surface area contributed by atoms with Gasteiger partial charge in [0.2, 0.25) is 0 Å². The summed E-state index contributed by atoms with van der Waals surface area (Å²) >= 11 is 0. The van der Waals surface area contributed by atoms with E-state index in [0.29, 0.717) is 11.8 Å². The number of ether oxygens (including phenoxy) is 1. The Morgan fingerprint density at radius 1 is 1.10 bits per heavy atom. The molecule has 156 valence electrons. The summed E-state index contributed by atoms with van der Waals surface area (Å²) in [5.41, 5.74) is 3.81. The summed E-state index contributed by atoms with van der Waals surface area (Å²) in [5.74, 6) is 1.35. The number of hydrogen-bond acceptors (Lipinski definition) is 3. The Balaban J connectivity index is 1.61. The smallest absolute Gasteiger partial charge is 0.0629 e. The fourth-order valence-electron chi connectivity index (χ4n) is 4.37. The molecule has 29 heavy (non-hydrogen) atoms. The Bertz CT molecular complexity index is 765. The van der Waals surface area contributed by atoms with Gasteiger partial charge in [-0.15, -0.1) is 0 Å². The van der Waals surface area contributed by atoms with Gasteiger partial charge >= 0.3 is 0 Å². The van der Waals surface area contributed by atoms with Crippen molar-refractivity contribution >= 4 is 11.9 Å². The van der Waals surface area contributed by atoms with Crippen LogP contribution in [0.3, 0.4) is 0 Å². The first-order valence-electron chi connectivity index (χ1n) is 10.9. The lowest BCUT2D eigenvalue weighted by Crippen LogP contribution is -2.37. The van der Waals surface area contributed by atoms with Gasteiger partial charge in [-0.2, -0.15) is 0 Å². The number of anilines is 1. The van der Waals surface area contributed by atoms with Crippen LogP contribution >= 0.6 is 0 Å². The van der Waals surface area contributed by atoms with E-state index in [2.05, 4.69) is 87.4 Å². The molecule has 1 fully saturated rings. The van der Waals surface area contributed by atoms with Crippen LogP contribution in [0.4, 0.5) is 5.69 Å². The summed E-state index contributed by atoms with van der Waals surface area (Å²) in [6.07, 6.45) is 6.58. The molecule has 2 atom stereocenters. The molecule has 2 unspecified atom stereocenters. The van der Waals surface area contributed by atoms with Crippen LogP contribution in [0.25, 0.3) is 0 Å². The van der Waals surface area contributed by atoms with E-state index in [4.69, 9.17) is 9.73 Å². The molecule has 1 aliphatic heterocycles. The molecule has 0 amide bonds. The molecule has 0 spiro atoms. The molecule has 1 heterocycles. The van der Waals surface area contributed by atoms with Crippen LogP contribution in [-0.2, 0) is 11.2 Å². The second-order valence-corrected chi connectivity index (χ2v) is 9.12. The minimum Gasteiger partial charge on any atom is -0.378 e.